The van der Waals surface area contributed by atoms with Gasteiger partial charge >= 0.3 is 0 Å². The first-order valence-corrected chi connectivity index (χ1v) is 6.99. The molecule has 4 heteroatoms. The Labute approximate surface area is 115 Å². The van der Waals surface area contributed by atoms with Gasteiger partial charge in [-0.2, -0.15) is 0 Å². The number of para-hydroxylation sites is 1. The van der Waals surface area contributed by atoms with Crippen LogP contribution in [0.1, 0.15) is 26.3 Å². The van der Waals surface area contributed by atoms with Crippen LogP contribution in [0.25, 0.3) is 0 Å². The third kappa shape index (κ3) is 3.07. The normalized spacial score (nSPS) is 20.4. The molecule has 0 saturated carbocycles. The molecule has 19 heavy (non-hydrogen) atoms. The zero-order chi connectivity index (χ0) is 13.8. The maximum Gasteiger partial charge on any atom is 0.242 e. The van der Waals surface area contributed by atoms with Crippen LogP contribution < -0.4 is 15.5 Å². The predicted molar refractivity (Wildman–Crippen MR) is 78.2 cm³/mol. The fourth-order valence-corrected chi connectivity index (χ4v) is 2.51. The Morgan fingerprint density at radius 1 is 1.53 bits per heavy atom. The molecule has 1 aromatic carbocycles. The first-order chi connectivity index (χ1) is 9.13. The smallest absolute Gasteiger partial charge is 0.242 e. The first-order valence-electron chi connectivity index (χ1n) is 6.99. The van der Waals surface area contributed by atoms with Crippen molar-refractivity contribution in [2.75, 3.05) is 18.0 Å². The van der Waals surface area contributed by atoms with Crippen molar-refractivity contribution in [1.29, 1.82) is 0 Å². The second kappa shape index (κ2) is 6.06. The predicted octanol–water partition coefficient (Wildman–Crippen LogP) is 1.51. The van der Waals surface area contributed by atoms with Gasteiger partial charge in [0.15, 0.2) is 0 Å². The van der Waals surface area contributed by atoms with Gasteiger partial charge in [-0.25, -0.2) is 0 Å². The maximum absolute atomic E-state index is 12.1. The molecule has 1 aliphatic heterocycles. The van der Waals surface area contributed by atoms with Crippen LogP contribution in [0.4, 0.5) is 5.69 Å². The van der Waals surface area contributed by atoms with E-state index in [0.29, 0.717) is 12.6 Å². The van der Waals surface area contributed by atoms with Gasteiger partial charge in [0.2, 0.25) is 5.91 Å². The third-order valence-corrected chi connectivity index (χ3v) is 3.61. The summed E-state index contributed by atoms with van der Waals surface area (Å²) in [6, 6.07) is 8.52. The van der Waals surface area contributed by atoms with Crippen molar-refractivity contribution in [2.45, 2.75) is 39.4 Å². The lowest BCUT2D eigenvalue weighted by Crippen LogP contribution is -2.48. The lowest BCUT2D eigenvalue weighted by molar-refractivity contribution is -0.121. The van der Waals surface area contributed by atoms with Gasteiger partial charge in [0.05, 0.1) is 0 Å². The van der Waals surface area contributed by atoms with Crippen LogP contribution in [-0.4, -0.2) is 31.1 Å². The molecule has 2 atom stereocenters. The lowest BCUT2D eigenvalue weighted by Gasteiger charge is -2.31. The average Bonchev–Trinajstić information content (AvgIpc) is 2.58. The molecule has 2 rings (SSSR count). The van der Waals surface area contributed by atoms with E-state index < -0.39 is 0 Å². The molecule has 0 bridgehead atoms. The van der Waals surface area contributed by atoms with Crippen molar-refractivity contribution in [1.82, 2.24) is 10.6 Å². The van der Waals surface area contributed by atoms with E-state index in [4.69, 9.17) is 0 Å². The number of benzene rings is 1. The number of nitrogens with zero attached hydrogens (tertiary/aromatic N) is 1. The van der Waals surface area contributed by atoms with E-state index in [1.807, 2.05) is 26.0 Å². The number of amides is 1. The molecule has 0 spiro atoms. The van der Waals surface area contributed by atoms with Gasteiger partial charge in [-0.3, -0.25) is 4.79 Å². The molecular formula is C15H23N3O. The summed E-state index contributed by atoms with van der Waals surface area (Å²) < 4.78 is 0. The summed E-state index contributed by atoms with van der Waals surface area (Å²) in [4.78, 5) is 14.3. The molecule has 2 N–H and O–H groups in total. The van der Waals surface area contributed by atoms with Gasteiger partial charge in [-0.05, 0) is 32.4 Å². The molecule has 0 fully saturated rings. The molecular weight excluding hydrogens is 238 g/mol. The monoisotopic (exact) mass is 261 g/mol. The summed E-state index contributed by atoms with van der Waals surface area (Å²) in [5.41, 5.74) is 2.42. The van der Waals surface area contributed by atoms with Crippen molar-refractivity contribution in [3.63, 3.8) is 0 Å². The molecule has 1 aromatic rings. The second-order valence-corrected chi connectivity index (χ2v) is 5.13. The minimum Gasteiger partial charge on any atom is -0.358 e. The number of fused-ring (bicyclic) bond motifs is 1. The number of anilines is 1. The van der Waals surface area contributed by atoms with Gasteiger partial charge in [-0.15, -0.1) is 0 Å². The summed E-state index contributed by atoms with van der Waals surface area (Å²) in [7, 11) is 0. The first kappa shape index (κ1) is 13.9. The number of carbonyl (C=O) groups excluding carboxylic acids is 1. The van der Waals surface area contributed by atoms with Crippen molar-refractivity contribution >= 4 is 11.6 Å². The molecule has 1 heterocycles. The van der Waals surface area contributed by atoms with Crippen LogP contribution >= 0.6 is 0 Å². The fraction of sp³-hybridized carbons (Fsp3) is 0.533. The van der Waals surface area contributed by atoms with E-state index in [-0.39, 0.29) is 11.9 Å². The quantitative estimate of drug-likeness (QED) is 0.867. The van der Waals surface area contributed by atoms with E-state index in [1.54, 1.807) is 0 Å². The van der Waals surface area contributed by atoms with Crippen molar-refractivity contribution in [2.24, 2.45) is 0 Å². The highest BCUT2D eigenvalue weighted by atomic mass is 16.2. The van der Waals surface area contributed by atoms with Crippen molar-refractivity contribution in [3.8, 4) is 0 Å². The largest absolute Gasteiger partial charge is 0.358 e. The Morgan fingerprint density at radius 2 is 2.26 bits per heavy atom. The summed E-state index contributed by atoms with van der Waals surface area (Å²) in [5, 5.41) is 6.39. The Hall–Kier alpha value is -1.55. The number of nitrogens with one attached hydrogen (secondary N) is 2. The van der Waals surface area contributed by atoms with E-state index in [9.17, 15) is 4.79 Å². The number of hydrogen-bond donors (Lipinski definition) is 2. The highest BCUT2D eigenvalue weighted by molar-refractivity contribution is 5.85. The van der Waals surface area contributed by atoms with E-state index in [0.717, 1.165) is 18.8 Å². The fourth-order valence-electron chi connectivity index (χ4n) is 2.51. The zero-order valence-electron chi connectivity index (χ0n) is 11.9. The number of likely N-dealkylation sites (N-methyl/N-ethyl adjacent to an activating group) is 1. The number of carbonyl (C=O) groups is 1. The van der Waals surface area contributed by atoms with Crippen LogP contribution in [0, 0.1) is 0 Å². The van der Waals surface area contributed by atoms with Gasteiger partial charge in [0.1, 0.15) is 6.04 Å². The zero-order valence-corrected chi connectivity index (χ0v) is 11.9. The van der Waals surface area contributed by atoms with Crippen LogP contribution in [0.5, 0.6) is 0 Å². The van der Waals surface area contributed by atoms with Crippen molar-refractivity contribution in [3.05, 3.63) is 29.8 Å². The highest BCUT2D eigenvalue weighted by Crippen LogP contribution is 2.25. The number of rotatable bonds is 3. The molecule has 1 amide bonds. The maximum atomic E-state index is 12.1. The molecule has 1 aliphatic rings. The molecule has 2 unspecified atom stereocenters. The van der Waals surface area contributed by atoms with E-state index in [1.165, 1.54) is 5.56 Å². The van der Waals surface area contributed by atoms with E-state index >= 15 is 0 Å². The summed E-state index contributed by atoms with van der Waals surface area (Å²) >= 11 is 0. The summed E-state index contributed by atoms with van der Waals surface area (Å²) in [6.07, 6.45) is 0. The molecule has 0 saturated heterocycles. The molecule has 4 nitrogen and oxygen atoms in total. The summed E-state index contributed by atoms with van der Waals surface area (Å²) in [6.45, 7) is 8.45. The third-order valence-electron chi connectivity index (χ3n) is 3.61. The van der Waals surface area contributed by atoms with Crippen LogP contribution in [-0.2, 0) is 11.3 Å². The molecule has 104 valence electrons. The van der Waals surface area contributed by atoms with Gasteiger partial charge in [0.25, 0.3) is 0 Å². The second-order valence-electron chi connectivity index (χ2n) is 5.13. The van der Waals surface area contributed by atoms with Crippen LogP contribution in [0.2, 0.25) is 0 Å². The minimum absolute atomic E-state index is 0.0893. The molecule has 0 radical (unpaired) electrons. The Kier molecular flexibility index (Phi) is 4.43. The van der Waals surface area contributed by atoms with Gasteiger partial charge < -0.3 is 15.5 Å². The molecule has 0 aromatic heterocycles. The molecule has 0 aliphatic carbocycles. The Morgan fingerprint density at radius 3 is 3.00 bits per heavy atom. The Bertz CT molecular complexity index is 447. The average molecular weight is 261 g/mol. The van der Waals surface area contributed by atoms with Crippen LogP contribution in [0.15, 0.2) is 24.3 Å². The lowest BCUT2D eigenvalue weighted by atomic mass is 10.1. The van der Waals surface area contributed by atoms with Gasteiger partial charge in [-0.1, -0.05) is 18.2 Å². The summed E-state index contributed by atoms with van der Waals surface area (Å²) in [5.74, 6) is 0.0893. The standard InChI is InChI=1S/C15H23N3O/c1-4-16-15(19)12(3)18-10-11(2)17-9-13-7-5-6-8-14(13)18/h5-8,11-12,17H,4,9-10H2,1-3H3,(H,16,19). The number of hydrogen-bond acceptors (Lipinski definition) is 3. The minimum atomic E-state index is -0.150. The van der Waals surface area contributed by atoms with Crippen molar-refractivity contribution < 1.29 is 4.79 Å². The van der Waals surface area contributed by atoms with Gasteiger partial charge in [0, 0.05) is 31.4 Å². The SMILES string of the molecule is CCNC(=O)C(C)N1CC(C)NCc2ccccc21. The van der Waals surface area contributed by atoms with E-state index in [2.05, 4.69) is 34.6 Å². The Balaban J connectivity index is 2.29. The topological polar surface area (TPSA) is 44.4 Å². The van der Waals surface area contributed by atoms with Crippen LogP contribution in [0.3, 0.4) is 0 Å². The highest BCUT2D eigenvalue weighted by Gasteiger charge is 2.26.